The summed E-state index contributed by atoms with van der Waals surface area (Å²) in [6.07, 6.45) is 1.72. The molecule has 0 fully saturated rings. The molecule has 0 aliphatic carbocycles. The van der Waals surface area contributed by atoms with Crippen molar-refractivity contribution in [2.45, 2.75) is 26.7 Å². The van der Waals surface area contributed by atoms with Crippen molar-refractivity contribution in [2.24, 2.45) is 5.84 Å². The summed E-state index contributed by atoms with van der Waals surface area (Å²) in [6, 6.07) is 5.39. The molecule has 1 aromatic heterocycles. The summed E-state index contributed by atoms with van der Waals surface area (Å²) >= 11 is 12.2. The third-order valence-corrected chi connectivity index (χ3v) is 3.83. The van der Waals surface area contributed by atoms with Crippen molar-refractivity contribution in [3.8, 4) is 0 Å². The van der Waals surface area contributed by atoms with Crippen molar-refractivity contribution in [1.29, 1.82) is 0 Å². The molecule has 21 heavy (non-hydrogen) atoms. The van der Waals surface area contributed by atoms with Gasteiger partial charge in [-0.2, -0.15) is 0 Å². The second-order valence-corrected chi connectivity index (χ2v) is 5.37. The third kappa shape index (κ3) is 3.56. The van der Waals surface area contributed by atoms with Crippen LogP contribution in [0, 0.1) is 6.92 Å². The van der Waals surface area contributed by atoms with E-state index in [4.69, 9.17) is 29.0 Å². The van der Waals surface area contributed by atoms with E-state index in [1.165, 1.54) is 0 Å². The van der Waals surface area contributed by atoms with Crippen LogP contribution in [0.5, 0.6) is 0 Å². The van der Waals surface area contributed by atoms with Crippen molar-refractivity contribution in [1.82, 2.24) is 9.97 Å². The fourth-order valence-electron chi connectivity index (χ4n) is 1.89. The highest BCUT2D eigenvalue weighted by molar-refractivity contribution is 6.43. The highest BCUT2D eigenvalue weighted by atomic mass is 35.5. The Hall–Kier alpha value is -1.56. The van der Waals surface area contributed by atoms with Gasteiger partial charge in [-0.25, -0.2) is 15.8 Å². The van der Waals surface area contributed by atoms with E-state index in [1.54, 1.807) is 6.07 Å². The lowest BCUT2D eigenvalue weighted by atomic mass is 10.2. The van der Waals surface area contributed by atoms with Crippen molar-refractivity contribution in [3.05, 3.63) is 39.6 Å². The summed E-state index contributed by atoms with van der Waals surface area (Å²) < 4.78 is 0. The van der Waals surface area contributed by atoms with E-state index in [0.717, 1.165) is 24.2 Å². The van der Waals surface area contributed by atoms with Crippen molar-refractivity contribution >= 4 is 40.5 Å². The fraction of sp³-hybridized carbons (Fsp3) is 0.286. The predicted octanol–water partition coefficient (Wildman–Crippen LogP) is 4.07. The van der Waals surface area contributed by atoms with Gasteiger partial charge in [-0.15, -0.1) is 0 Å². The van der Waals surface area contributed by atoms with E-state index in [-0.39, 0.29) is 0 Å². The summed E-state index contributed by atoms with van der Waals surface area (Å²) in [7, 11) is 0. The number of hydrogen-bond donors (Lipinski definition) is 3. The summed E-state index contributed by atoms with van der Waals surface area (Å²) in [5.41, 5.74) is 4.10. The summed E-state index contributed by atoms with van der Waals surface area (Å²) in [5.74, 6) is 7.49. The Labute approximate surface area is 133 Å². The van der Waals surface area contributed by atoms with Gasteiger partial charge in [0.2, 0.25) is 0 Å². The van der Waals surface area contributed by atoms with Crippen LogP contribution in [0.15, 0.2) is 18.2 Å². The summed E-state index contributed by atoms with van der Waals surface area (Å²) in [4.78, 5) is 8.89. The average Bonchev–Trinajstić information content (AvgIpc) is 2.47. The summed E-state index contributed by atoms with van der Waals surface area (Å²) in [5, 5.41) is 4.13. The van der Waals surface area contributed by atoms with Crippen molar-refractivity contribution in [3.63, 3.8) is 0 Å². The molecule has 0 aliphatic rings. The smallest absolute Gasteiger partial charge is 0.148 e. The van der Waals surface area contributed by atoms with E-state index < -0.39 is 0 Å². The Morgan fingerprint density at radius 2 is 1.90 bits per heavy atom. The number of halogens is 2. The number of nitrogens with two attached hydrogens (primary N) is 1. The van der Waals surface area contributed by atoms with E-state index in [9.17, 15) is 0 Å². The number of hydrogen-bond acceptors (Lipinski definition) is 5. The number of anilines is 3. The van der Waals surface area contributed by atoms with E-state index in [1.807, 2.05) is 19.1 Å². The standard InChI is InChI=1S/C14H17Cl2N5/c1-3-5-11-19-13(8(2)14(20-11)21-17)18-10-7-4-6-9(15)12(10)16/h4,6-7H,3,5,17H2,1-2H3,(H2,18,19,20,21). The zero-order valence-corrected chi connectivity index (χ0v) is 13.4. The van der Waals surface area contributed by atoms with Crippen molar-refractivity contribution in [2.75, 3.05) is 10.7 Å². The molecule has 1 aromatic carbocycles. The molecule has 0 saturated carbocycles. The van der Waals surface area contributed by atoms with E-state index >= 15 is 0 Å². The number of nitrogens with one attached hydrogen (secondary N) is 2. The largest absolute Gasteiger partial charge is 0.339 e. The molecule has 0 bridgehead atoms. The number of nitrogens with zero attached hydrogens (tertiary/aromatic N) is 2. The second-order valence-electron chi connectivity index (χ2n) is 4.58. The van der Waals surface area contributed by atoms with Crippen LogP contribution in [-0.4, -0.2) is 9.97 Å². The van der Waals surface area contributed by atoms with Crippen LogP contribution in [-0.2, 0) is 6.42 Å². The minimum Gasteiger partial charge on any atom is -0.339 e. The van der Waals surface area contributed by atoms with Crippen molar-refractivity contribution < 1.29 is 0 Å². The first kappa shape index (κ1) is 15.8. The Bertz CT molecular complexity index is 646. The third-order valence-electron chi connectivity index (χ3n) is 3.01. The first-order valence-electron chi connectivity index (χ1n) is 6.62. The number of benzene rings is 1. The first-order valence-corrected chi connectivity index (χ1v) is 7.37. The number of hydrazine groups is 1. The highest BCUT2D eigenvalue weighted by Gasteiger charge is 2.12. The lowest BCUT2D eigenvalue weighted by Gasteiger charge is -2.14. The van der Waals surface area contributed by atoms with Gasteiger partial charge in [-0.05, 0) is 25.5 Å². The van der Waals surface area contributed by atoms with Gasteiger partial charge < -0.3 is 10.7 Å². The van der Waals surface area contributed by atoms with Crippen LogP contribution >= 0.6 is 23.2 Å². The molecule has 0 unspecified atom stereocenters. The monoisotopic (exact) mass is 325 g/mol. The Balaban J connectivity index is 2.42. The van der Waals surface area contributed by atoms with Crippen LogP contribution in [0.3, 0.4) is 0 Å². The molecule has 0 aliphatic heterocycles. The first-order chi connectivity index (χ1) is 10.1. The van der Waals surface area contributed by atoms with Crippen LogP contribution in [0.1, 0.15) is 24.7 Å². The minimum atomic E-state index is 0.455. The zero-order valence-electron chi connectivity index (χ0n) is 11.9. The SMILES string of the molecule is CCCc1nc(NN)c(C)c(Nc2cccc(Cl)c2Cl)n1. The molecule has 0 atom stereocenters. The lowest BCUT2D eigenvalue weighted by molar-refractivity contribution is 0.833. The molecular weight excluding hydrogens is 309 g/mol. The molecule has 2 rings (SSSR count). The molecule has 0 saturated heterocycles. The van der Waals surface area contributed by atoms with Gasteiger partial charge in [-0.1, -0.05) is 36.2 Å². The minimum absolute atomic E-state index is 0.455. The number of nitrogen functional groups attached to an aromatic ring is 1. The van der Waals surface area contributed by atoms with Crippen LogP contribution in [0.2, 0.25) is 10.0 Å². The second kappa shape index (κ2) is 6.93. The normalized spacial score (nSPS) is 10.5. The Morgan fingerprint density at radius 1 is 1.19 bits per heavy atom. The Kier molecular flexibility index (Phi) is 5.22. The highest BCUT2D eigenvalue weighted by Crippen LogP contribution is 2.32. The predicted molar refractivity (Wildman–Crippen MR) is 88.3 cm³/mol. The fourth-order valence-corrected chi connectivity index (χ4v) is 2.24. The van der Waals surface area contributed by atoms with Gasteiger partial charge in [0.25, 0.3) is 0 Å². The zero-order chi connectivity index (χ0) is 15.4. The molecule has 2 aromatic rings. The quantitative estimate of drug-likeness (QED) is 0.570. The van der Waals surface area contributed by atoms with Gasteiger partial charge in [-0.3, -0.25) is 0 Å². The average molecular weight is 326 g/mol. The molecule has 4 N–H and O–H groups in total. The number of aryl methyl sites for hydroxylation is 1. The molecule has 1 heterocycles. The number of aromatic nitrogens is 2. The van der Waals surface area contributed by atoms with Gasteiger partial charge in [0.1, 0.15) is 17.5 Å². The maximum absolute atomic E-state index is 6.19. The molecule has 112 valence electrons. The topological polar surface area (TPSA) is 75.9 Å². The lowest BCUT2D eigenvalue weighted by Crippen LogP contribution is -2.14. The van der Waals surface area contributed by atoms with E-state index in [2.05, 4.69) is 27.6 Å². The van der Waals surface area contributed by atoms with E-state index in [0.29, 0.717) is 27.4 Å². The van der Waals surface area contributed by atoms with Gasteiger partial charge in [0.05, 0.1) is 15.7 Å². The number of rotatable bonds is 5. The molecular formula is C14H17Cl2N5. The van der Waals surface area contributed by atoms with Gasteiger partial charge in [0.15, 0.2) is 0 Å². The van der Waals surface area contributed by atoms with Crippen LogP contribution in [0.4, 0.5) is 17.3 Å². The van der Waals surface area contributed by atoms with Gasteiger partial charge in [0, 0.05) is 12.0 Å². The Morgan fingerprint density at radius 3 is 2.57 bits per heavy atom. The van der Waals surface area contributed by atoms with Gasteiger partial charge >= 0.3 is 0 Å². The van der Waals surface area contributed by atoms with Crippen LogP contribution in [0.25, 0.3) is 0 Å². The molecule has 0 spiro atoms. The molecule has 0 radical (unpaired) electrons. The maximum Gasteiger partial charge on any atom is 0.148 e. The summed E-state index contributed by atoms with van der Waals surface area (Å²) in [6.45, 7) is 3.95. The molecule has 7 heteroatoms. The molecule has 0 amide bonds. The maximum atomic E-state index is 6.19. The van der Waals surface area contributed by atoms with Crippen LogP contribution < -0.4 is 16.6 Å². The molecule has 5 nitrogen and oxygen atoms in total.